The minimum atomic E-state index is 0.0426. The van der Waals surface area contributed by atoms with Gasteiger partial charge >= 0.3 is 0 Å². The zero-order valence-electron chi connectivity index (χ0n) is 28.8. The Kier molecular flexibility index (Phi) is 8.22. The molecule has 0 aliphatic heterocycles. The standard InChI is InChI=1S/C49H41NO/c1-2-13-34-49(33-12-1,39-19-10-5-11-20-39)40-25-29-42(30-26-40)50(41-27-23-37(24-28-41)36-15-6-3-7-16-36)43-31-32-46-45(35-43)48-44(21-14-22-47(48)51-46)38-17-8-4-9-18-38/h3-11,14-32,35H,1-2,12-13,33-34H2. The van der Waals surface area contributed by atoms with Gasteiger partial charge in [-0.25, -0.2) is 0 Å². The number of fused-ring (bicyclic) bond motifs is 3. The highest BCUT2D eigenvalue weighted by Crippen LogP contribution is 2.46. The van der Waals surface area contributed by atoms with Crippen molar-refractivity contribution in [2.45, 2.75) is 43.9 Å². The largest absolute Gasteiger partial charge is 0.456 e. The molecule has 1 aliphatic rings. The van der Waals surface area contributed by atoms with E-state index in [1.165, 1.54) is 71.9 Å². The van der Waals surface area contributed by atoms with E-state index in [9.17, 15) is 0 Å². The van der Waals surface area contributed by atoms with Crippen molar-refractivity contribution < 1.29 is 4.42 Å². The molecule has 1 heterocycles. The van der Waals surface area contributed by atoms with Gasteiger partial charge in [-0.2, -0.15) is 0 Å². The van der Waals surface area contributed by atoms with Crippen LogP contribution in [0, 0.1) is 0 Å². The second-order valence-corrected chi connectivity index (χ2v) is 14.0. The molecule has 9 rings (SSSR count). The van der Waals surface area contributed by atoms with E-state index in [2.05, 4.69) is 181 Å². The average Bonchev–Trinajstić information content (AvgIpc) is 3.39. The zero-order valence-corrected chi connectivity index (χ0v) is 28.8. The summed E-state index contributed by atoms with van der Waals surface area (Å²) in [6, 6.07) is 63.9. The fourth-order valence-electron chi connectivity index (χ4n) is 8.46. The summed E-state index contributed by atoms with van der Waals surface area (Å²) >= 11 is 0. The fourth-order valence-corrected chi connectivity index (χ4v) is 8.46. The Morgan fingerprint density at radius 3 is 1.63 bits per heavy atom. The number of nitrogens with zero attached hydrogens (tertiary/aromatic N) is 1. The number of rotatable bonds is 7. The van der Waals surface area contributed by atoms with Gasteiger partial charge in [0, 0.05) is 33.2 Å². The van der Waals surface area contributed by atoms with Crippen LogP contribution >= 0.6 is 0 Å². The molecule has 1 aliphatic carbocycles. The third-order valence-corrected chi connectivity index (χ3v) is 11.0. The second-order valence-electron chi connectivity index (χ2n) is 14.0. The van der Waals surface area contributed by atoms with Gasteiger partial charge in [0.1, 0.15) is 11.2 Å². The Bertz CT molecular complexity index is 2380. The van der Waals surface area contributed by atoms with Crippen molar-refractivity contribution in [1.82, 2.24) is 0 Å². The molecule has 0 radical (unpaired) electrons. The molecule has 0 amide bonds. The van der Waals surface area contributed by atoms with Crippen LogP contribution in [0.2, 0.25) is 0 Å². The zero-order chi connectivity index (χ0) is 34.0. The Labute approximate surface area is 300 Å². The molecule has 0 unspecified atom stereocenters. The molecule has 248 valence electrons. The molecule has 0 spiro atoms. The summed E-state index contributed by atoms with van der Waals surface area (Å²) in [5.41, 5.74) is 12.8. The first-order chi connectivity index (χ1) is 25.3. The smallest absolute Gasteiger partial charge is 0.136 e. The van der Waals surface area contributed by atoms with E-state index in [-0.39, 0.29) is 5.41 Å². The van der Waals surface area contributed by atoms with E-state index in [1.54, 1.807) is 0 Å². The van der Waals surface area contributed by atoms with Crippen LogP contribution in [0.3, 0.4) is 0 Å². The van der Waals surface area contributed by atoms with Gasteiger partial charge in [-0.1, -0.05) is 153 Å². The van der Waals surface area contributed by atoms with Gasteiger partial charge in [-0.3, -0.25) is 0 Å². The minimum Gasteiger partial charge on any atom is -0.456 e. The predicted molar refractivity (Wildman–Crippen MR) is 214 cm³/mol. The second kappa shape index (κ2) is 13.5. The van der Waals surface area contributed by atoms with E-state index in [0.29, 0.717) is 0 Å². The topological polar surface area (TPSA) is 16.4 Å². The van der Waals surface area contributed by atoms with Gasteiger partial charge < -0.3 is 9.32 Å². The van der Waals surface area contributed by atoms with Crippen LogP contribution in [-0.4, -0.2) is 0 Å². The quantitative estimate of drug-likeness (QED) is 0.158. The van der Waals surface area contributed by atoms with Crippen molar-refractivity contribution >= 4 is 39.0 Å². The van der Waals surface area contributed by atoms with Crippen molar-refractivity contribution in [2.24, 2.45) is 0 Å². The first-order valence-electron chi connectivity index (χ1n) is 18.4. The molecule has 1 saturated carbocycles. The van der Waals surface area contributed by atoms with Crippen LogP contribution in [0.15, 0.2) is 180 Å². The number of benzene rings is 7. The maximum absolute atomic E-state index is 6.45. The number of hydrogen-bond acceptors (Lipinski definition) is 2. The maximum atomic E-state index is 6.45. The summed E-state index contributed by atoms with van der Waals surface area (Å²) in [5, 5.41) is 2.26. The predicted octanol–water partition coefficient (Wildman–Crippen LogP) is 14.0. The maximum Gasteiger partial charge on any atom is 0.136 e. The molecule has 0 atom stereocenters. The highest BCUT2D eigenvalue weighted by molar-refractivity contribution is 6.13. The third kappa shape index (κ3) is 5.81. The molecular formula is C49H41NO. The van der Waals surface area contributed by atoms with Crippen LogP contribution in [0.1, 0.15) is 49.7 Å². The lowest BCUT2D eigenvalue weighted by Crippen LogP contribution is -2.27. The molecule has 7 aromatic carbocycles. The highest BCUT2D eigenvalue weighted by Gasteiger charge is 2.34. The monoisotopic (exact) mass is 659 g/mol. The molecule has 1 aromatic heterocycles. The molecule has 0 saturated heterocycles. The minimum absolute atomic E-state index is 0.0426. The first kappa shape index (κ1) is 31.1. The summed E-state index contributed by atoms with van der Waals surface area (Å²) < 4.78 is 6.45. The van der Waals surface area contributed by atoms with E-state index in [4.69, 9.17) is 4.42 Å². The molecule has 0 N–H and O–H groups in total. The molecule has 1 fully saturated rings. The lowest BCUT2D eigenvalue weighted by Gasteiger charge is -2.35. The van der Waals surface area contributed by atoms with Gasteiger partial charge in [-0.15, -0.1) is 0 Å². The van der Waals surface area contributed by atoms with Gasteiger partial charge in [0.15, 0.2) is 0 Å². The summed E-state index contributed by atoms with van der Waals surface area (Å²) in [4.78, 5) is 2.39. The Hall–Kier alpha value is -5.86. The SMILES string of the molecule is c1ccc(-c2ccc(N(c3ccc(C4(c5ccccc5)CCCCCC4)cc3)c3ccc4oc5cccc(-c6ccccc6)c5c4c3)cc2)cc1. The molecular weight excluding hydrogens is 619 g/mol. The van der Waals surface area contributed by atoms with Crippen LogP contribution in [-0.2, 0) is 5.41 Å². The first-order valence-corrected chi connectivity index (χ1v) is 18.4. The van der Waals surface area contributed by atoms with Gasteiger partial charge in [0.2, 0.25) is 0 Å². The van der Waals surface area contributed by atoms with E-state index < -0.39 is 0 Å². The van der Waals surface area contributed by atoms with Crippen molar-refractivity contribution in [3.05, 3.63) is 187 Å². The van der Waals surface area contributed by atoms with Crippen LogP contribution < -0.4 is 4.90 Å². The summed E-state index contributed by atoms with van der Waals surface area (Å²) in [6.07, 6.45) is 7.54. The number of furan rings is 1. The Balaban J connectivity index is 1.19. The normalized spacial score (nSPS) is 14.4. The fraction of sp³-hybridized carbons (Fsp3) is 0.143. The van der Waals surface area contributed by atoms with Gasteiger partial charge in [0.25, 0.3) is 0 Å². The third-order valence-electron chi connectivity index (χ3n) is 11.0. The summed E-state index contributed by atoms with van der Waals surface area (Å²) in [5.74, 6) is 0. The molecule has 51 heavy (non-hydrogen) atoms. The van der Waals surface area contributed by atoms with Gasteiger partial charge in [-0.05, 0) is 94.8 Å². The average molecular weight is 660 g/mol. The van der Waals surface area contributed by atoms with Crippen LogP contribution in [0.5, 0.6) is 0 Å². The summed E-state index contributed by atoms with van der Waals surface area (Å²) in [6.45, 7) is 0. The van der Waals surface area contributed by atoms with Crippen molar-refractivity contribution in [3.63, 3.8) is 0 Å². The molecule has 2 heteroatoms. The number of anilines is 3. The van der Waals surface area contributed by atoms with Crippen molar-refractivity contribution in [1.29, 1.82) is 0 Å². The molecule has 0 bridgehead atoms. The molecule has 8 aromatic rings. The Morgan fingerprint density at radius 1 is 0.412 bits per heavy atom. The van der Waals surface area contributed by atoms with E-state index >= 15 is 0 Å². The lowest BCUT2D eigenvalue weighted by atomic mass is 9.69. The molecule has 2 nitrogen and oxygen atoms in total. The summed E-state index contributed by atoms with van der Waals surface area (Å²) in [7, 11) is 0. The van der Waals surface area contributed by atoms with Crippen molar-refractivity contribution in [2.75, 3.05) is 4.90 Å². The number of hydrogen-bond donors (Lipinski definition) is 0. The lowest BCUT2D eigenvalue weighted by molar-refractivity contribution is 0.446. The van der Waals surface area contributed by atoms with Crippen LogP contribution in [0.4, 0.5) is 17.1 Å². The van der Waals surface area contributed by atoms with E-state index in [1.807, 2.05) is 0 Å². The Morgan fingerprint density at radius 2 is 0.961 bits per heavy atom. The van der Waals surface area contributed by atoms with Crippen molar-refractivity contribution in [3.8, 4) is 22.3 Å². The van der Waals surface area contributed by atoms with Crippen LogP contribution in [0.25, 0.3) is 44.2 Å². The van der Waals surface area contributed by atoms with Gasteiger partial charge in [0.05, 0.1) is 0 Å². The van der Waals surface area contributed by atoms with E-state index in [0.717, 1.165) is 39.0 Å². The highest BCUT2D eigenvalue weighted by atomic mass is 16.3.